The highest BCUT2D eigenvalue weighted by Crippen LogP contribution is 2.26. The second kappa shape index (κ2) is 6.44. The third-order valence-electron chi connectivity index (χ3n) is 3.61. The minimum absolute atomic E-state index is 0.174. The molecule has 0 amide bonds. The number of amidine groups is 1. The number of aliphatic imine (C=N–C) groups is 1. The summed E-state index contributed by atoms with van der Waals surface area (Å²) in [6.07, 6.45) is 0.905. The molecule has 3 nitrogen and oxygen atoms in total. The molecular formula is C18H20N2O. The fourth-order valence-electron chi connectivity index (χ4n) is 2.45. The molecule has 0 saturated heterocycles. The summed E-state index contributed by atoms with van der Waals surface area (Å²) in [4.78, 5) is 4.61. The van der Waals surface area contributed by atoms with E-state index in [0.29, 0.717) is 0 Å². The van der Waals surface area contributed by atoms with Gasteiger partial charge >= 0.3 is 0 Å². The molecule has 1 aliphatic heterocycles. The summed E-state index contributed by atoms with van der Waals surface area (Å²) in [6, 6.07) is 18.4. The molecule has 0 radical (unpaired) electrons. The zero-order valence-corrected chi connectivity index (χ0v) is 12.3. The van der Waals surface area contributed by atoms with Crippen molar-refractivity contribution in [2.24, 2.45) is 4.99 Å². The Balaban J connectivity index is 1.93. The molecule has 0 aliphatic carbocycles. The van der Waals surface area contributed by atoms with Crippen molar-refractivity contribution in [2.75, 3.05) is 13.1 Å². The van der Waals surface area contributed by atoms with Gasteiger partial charge in [0.05, 0.1) is 0 Å². The minimum Gasteiger partial charge on any atom is -0.478 e. The van der Waals surface area contributed by atoms with Gasteiger partial charge in [-0.25, -0.2) is 0 Å². The lowest BCUT2D eigenvalue weighted by Crippen LogP contribution is -2.36. The molecule has 2 aromatic rings. The van der Waals surface area contributed by atoms with E-state index in [-0.39, 0.29) is 6.10 Å². The fraction of sp³-hybridized carbons (Fsp3) is 0.278. The van der Waals surface area contributed by atoms with Crippen molar-refractivity contribution in [1.82, 2.24) is 5.32 Å². The molecule has 21 heavy (non-hydrogen) atoms. The van der Waals surface area contributed by atoms with Gasteiger partial charge in [-0.2, -0.15) is 0 Å². The predicted octanol–water partition coefficient (Wildman–Crippen LogP) is 3.51. The van der Waals surface area contributed by atoms with Crippen LogP contribution in [0.15, 0.2) is 59.6 Å². The second-order valence-corrected chi connectivity index (χ2v) is 5.22. The minimum atomic E-state index is -0.174. The van der Waals surface area contributed by atoms with E-state index in [4.69, 9.17) is 4.74 Å². The lowest BCUT2D eigenvalue weighted by Gasteiger charge is -2.25. The third-order valence-corrected chi connectivity index (χ3v) is 3.61. The number of para-hydroxylation sites is 1. The third kappa shape index (κ3) is 3.24. The quantitative estimate of drug-likeness (QED) is 0.930. The molecule has 3 heteroatoms. The van der Waals surface area contributed by atoms with Crippen molar-refractivity contribution in [3.05, 3.63) is 65.7 Å². The van der Waals surface area contributed by atoms with Crippen LogP contribution in [0.5, 0.6) is 5.75 Å². The predicted molar refractivity (Wildman–Crippen MR) is 85.9 cm³/mol. The van der Waals surface area contributed by atoms with Crippen LogP contribution in [0.2, 0.25) is 0 Å². The number of hydrogen-bond acceptors (Lipinski definition) is 3. The van der Waals surface area contributed by atoms with Gasteiger partial charge in [-0.05, 0) is 30.5 Å². The number of rotatable bonds is 4. The summed E-state index contributed by atoms with van der Waals surface area (Å²) in [5.74, 6) is 1.83. The van der Waals surface area contributed by atoms with Crippen LogP contribution in [0, 0.1) is 6.92 Å². The van der Waals surface area contributed by atoms with Gasteiger partial charge in [-0.1, -0.05) is 48.5 Å². The fourth-order valence-corrected chi connectivity index (χ4v) is 2.45. The Hall–Kier alpha value is -2.29. The molecule has 0 aromatic heterocycles. The summed E-state index contributed by atoms with van der Waals surface area (Å²) in [7, 11) is 0. The van der Waals surface area contributed by atoms with Crippen LogP contribution in [0.3, 0.4) is 0 Å². The highest BCUT2D eigenvalue weighted by molar-refractivity contribution is 5.88. The standard InChI is InChI=1S/C18H20N2O/c1-14-8-5-6-11-16(14)21-17(15-9-3-2-4-10-15)18-19-12-7-13-20-18/h2-6,8-11,17H,7,12-13H2,1H3,(H,19,20). The Morgan fingerprint density at radius 2 is 1.81 bits per heavy atom. The summed E-state index contributed by atoms with van der Waals surface area (Å²) in [5.41, 5.74) is 2.25. The zero-order chi connectivity index (χ0) is 14.5. The van der Waals surface area contributed by atoms with E-state index in [1.165, 1.54) is 0 Å². The first-order valence-corrected chi connectivity index (χ1v) is 7.40. The van der Waals surface area contributed by atoms with Crippen molar-refractivity contribution in [1.29, 1.82) is 0 Å². The van der Waals surface area contributed by atoms with E-state index >= 15 is 0 Å². The van der Waals surface area contributed by atoms with Gasteiger partial charge in [0.1, 0.15) is 11.6 Å². The number of benzene rings is 2. The van der Waals surface area contributed by atoms with Gasteiger partial charge in [0, 0.05) is 13.1 Å². The normalized spacial score (nSPS) is 15.8. The summed E-state index contributed by atoms with van der Waals surface area (Å²) in [6.45, 7) is 3.88. The van der Waals surface area contributed by atoms with Crippen molar-refractivity contribution >= 4 is 5.84 Å². The SMILES string of the molecule is Cc1ccccc1OC(C1=NCCCN1)c1ccccc1. The molecule has 108 valence electrons. The van der Waals surface area contributed by atoms with Gasteiger partial charge in [-0.15, -0.1) is 0 Å². The Bertz CT molecular complexity index is 622. The Kier molecular flexibility index (Phi) is 4.20. The van der Waals surface area contributed by atoms with Gasteiger partial charge in [0.15, 0.2) is 6.10 Å². The lowest BCUT2D eigenvalue weighted by molar-refractivity contribution is 0.265. The average molecular weight is 280 g/mol. The number of ether oxygens (including phenoxy) is 1. The van der Waals surface area contributed by atoms with Crippen molar-refractivity contribution in [3.8, 4) is 5.75 Å². The number of hydrogen-bond donors (Lipinski definition) is 1. The van der Waals surface area contributed by atoms with Crippen molar-refractivity contribution in [3.63, 3.8) is 0 Å². The van der Waals surface area contributed by atoms with E-state index in [9.17, 15) is 0 Å². The lowest BCUT2D eigenvalue weighted by atomic mass is 10.1. The number of nitrogens with one attached hydrogen (secondary N) is 1. The Labute approximate surface area is 125 Å². The smallest absolute Gasteiger partial charge is 0.180 e. The van der Waals surface area contributed by atoms with Crippen LogP contribution >= 0.6 is 0 Å². The van der Waals surface area contributed by atoms with E-state index in [2.05, 4.69) is 35.4 Å². The molecule has 3 rings (SSSR count). The van der Waals surface area contributed by atoms with Crippen LogP contribution in [0.1, 0.15) is 23.7 Å². The van der Waals surface area contributed by atoms with E-state index in [1.54, 1.807) is 0 Å². The van der Waals surface area contributed by atoms with Crippen LogP contribution < -0.4 is 10.1 Å². The Morgan fingerprint density at radius 1 is 1.05 bits per heavy atom. The second-order valence-electron chi connectivity index (χ2n) is 5.22. The molecule has 0 saturated carbocycles. The molecule has 0 bridgehead atoms. The summed E-state index contributed by atoms with van der Waals surface area (Å²) in [5, 5.41) is 3.38. The molecule has 0 spiro atoms. The largest absolute Gasteiger partial charge is 0.478 e. The maximum Gasteiger partial charge on any atom is 0.180 e. The Morgan fingerprint density at radius 3 is 2.52 bits per heavy atom. The summed E-state index contributed by atoms with van der Waals surface area (Å²) >= 11 is 0. The van der Waals surface area contributed by atoms with Crippen LogP contribution in [-0.2, 0) is 0 Å². The van der Waals surface area contributed by atoms with Crippen molar-refractivity contribution in [2.45, 2.75) is 19.4 Å². The molecule has 1 N–H and O–H groups in total. The molecule has 1 heterocycles. The van der Waals surface area contributed by atoms with Gasteiger partial charge in [0.25, 0.3) is 0 Å². The van der Waals surface area contributed by atoms with E-state index in [0.717, 1.165) is 42.2 Å². The maximum absolute atomic E-state index is 6.28. The molecular weight excluding hydrogens is 260 g/mol. The first kappa shape index (κ1) is 13.7. The maximum atomic E-state index is 6.28. The molecule has 2 aromatic carbocycles. The monoisotopic (exact) mass is 280 g/mol. The molecule has 1 aliphatic rings. The number of nitrogens with zero attached hydrogens (tertiary/aromatic N) is 1. The highest BCUT2D eigenvalue weighted by Gasteiger charge is 2.22. The van der Waals surface area contributed by atoms with Crippen LogP contribution in [0.4, 0.5) is 0 Å². The first-order chi connectivity index (χ1) is 10.3. The molecule has 1 unspecified atom stereocenters. The van der Waals surface area contributed by atoms with Gasteiger partial charge in [-0.3, -0.25) is 4.99 Å². The van der Waals surface area contributed by atoms with Crippen molar-refractivity contribution < 1.29 is 4.74 Å². The van der Waals surface area contributed by atoms with Gasteiger partial charge in [0.2, 0.25) is 0 Å². The van der Waals surface area contributed by atoms with Gasteiger partial charge < -0.3 is 10.1 Å². The zero-order valence-electron chi connectivity index (χ0n) is 12.3. The first-order valence-electron chi connectivity index (χ1n) is 7.40. The van der Waals surface area contributed by atoms with Crippen LogP contribution in [0.25, 0.3) is 0 Å². The number of aryl methyl sites for hydroxylation is 1. The summed E-state index contributed by atoms with van der Waals surface area (Å²) < 4.78 is 6.28. The average Bonchev–Trinajstić information content (AvgIpc) is 2.56. The topological polar surface area (TPSA) is 33.6 Å². The van der Waals surface area contributed by atoms with Crippen LogP contribution in [-0.4, -0.2) is 18.9 Å². The molecule has 1 atom stereocenters. The van der Waals surface area contributed by atoms with E-state index in [1.807, 2.05) is 36.4 Å². The highest BCUT2D eigenvalue weighted by atomic mass is 16.5. The molecule has 0 fully saturated rings. The van der Waals surface area contributed by atoms with E-state index < -0.39 is 0 Å².